The lowest BCUT2D eigenvalue weighted by Crippen LogP contribution is -2.17. The van der Waals surface area contributed by atoms with E-state index < -0.39 is 0 Å². The molecule has 1 atom stereocenters. The van der Waals surface area contributed by atoms with Crippen LogP contribution in [0.2, 0.25) is 0 Å². The zero-order chi connectivity index (χ0) is 8.97. The minimum atomic E-state index is -0.169. The van der Waals surface area contributed by atoms with Gasteiger partial charge in [-0.2, -0.15) is 0 Å². The van der Waals surface area contributed by atoms with E-state index in [-0.39, 0.29) is 11.9 Å². The van der Waals surface area contributed by atoms with Crippen LogP contribution in [-0.2, 0) is 0 Å². The molecule has 12 heavy (non-hydrogen) atoms. The summed E-state index contributed by atoms with van der Waals surface area (Å²) in [5.74, 6) is -0.169. The average molecular weight is 167 g/mol. The maximum absolute atomic E-state index is 12.7. The molecule has 0 heterocycles. The van der Waals surface area contributed by atoms with Crippen LogP contribution in [0.25, 0.3) is 0 Å². The molecule has 0 saturated heterocycles. The lowest BCUT2D eigenvalue weighted by atomic mass is 10.1. The van der Waals surface area contributed by atoms with E-state index in [2.05, 4.69) is 5.32 Å². The molecule has 1 aromatic carbocycles. The van der Waals surface area contributed by atoms with Crippen LogP contribution in [0.1, 0.15) is 25.5 Å². The predicted octanol–water partition coefficient (Wildman–Crippen LogP) is 2.50. The van der Waals surface area contributed by atoms with E-state index in [1.165, 1.54) is 6.07 Å². The molecule has 0 spiro atoms. The maximum atomic E-state index is 12.7. The summed E-state index contributed by atoms with van der Waals surface area (Å²) in [6.45, 7) is 4.96. The number of rotatable bonds is 3. The highest BCUT2D eigenvalue weighted by Crippen LogP contribution is 2.12. The Morgan fingerprint density at radius 1 is 1.50 bits per heavy atom. The number of hydrogen-bond acceptors (Lipinski definition) is 1. The largest absolute Gasteiger partial charge is 0.310 e. The third-order valence-electron chi connectivity index (χ3n) is 1.86. The summed E-state index contributed by atoms with van der Waals surface area (Å²) in [5, 5.41) is 3.22. The molecule has 1 aromatic rings. The number of nitrogens with one attached hydrogen (secondary N) is 1. The minimum absolute atomic E-state index is 0.169. The van der Waals surface area contributed by atoms with Crippen molar-refractivity contribution in [2.75, 3.05) is 6.54 Å². The van der Waals surface area contributed by atoms with Gasteiger partial charge in [0, 0.05) is 6.04 Å². The predicted molar refractivity (Wildman–Crippen MR) is 48.5 cm³/mol. The van der Waals surface area contributed by atoms with Gasteiger partial charge < -0.3 is 5.32 Å². The van der Waals surface area contributed by atoms with Gasteiger partial charge in [0.25, 0.3) is 0 Å². The first-order chi connectivity index (χ1) is 5.74. The fourth-order valence-electron chi connectivity index (χ4n) is 1.20. The second-order valence-electron chi connectivity index (χ2n) is 2.83. The summed E-state index contributed by atoms with van der Waals surface area (Å²) in [5.41, 5.74) is 0.997. The fourth-order valence-corrected chi connectivity index (χ4v) is 1.20. The lowest BCUT2D eigenvalue weighted by Gasteiger charge is -2.11. The van der Waals surface area contributed by atoms with Crippen LogP contribution < -0.4 is 5.32 Å². The lowest BCUT2D eigenvalue weighted by molar-refractivity contribution is 0.583. The Kier molecular flexibility index (Phi) is 3.23. The number of halogens is 1. The molecule has 2 heteroatoms. The van der Waals surface area contributed by atoms with Crippen molar-refractivity contribution in [2.45, 2.75) is 19.9 Å². The van der Waals surface area contributed by atoms with E-state index >= 15 is 0 Å². The number of hydrogen-bond donors (Lipinski definition) is 1. The van der Waals surface area contributed by atoms with E-state index in [4.69, 9.17) is 0 Å². The van der Waals surface area contributed by atoms with Crippen LogP contribution in [0, 0.1) is 5.82 Å². The van der Waals surface area contributed by atoms with Crippen LogP contribution in [0.5, 0.6) is 0 Å². The van der Waals surface area contributed by atoms with Gasteiger partial charge in [0.15, 0.2) is 0 Å². The minimum Gasteiger partial charge on any atom is -0.310 e. The molecule has 0 bridgehead atoms. The third kappa shape index (κ3) is 2.31. The number of benzene rings is 1. The van der Waals surface area contributed by atoms with E-state index in [1.54, 1.807) is 12.1 Å². The van der Waals surface area contributed by atoms with Crippen molar-refractivity contribution in [1.29, 1.82) is 0 Å². The SMILES string of the molecule is CCNC(C)c1cccc(F)c1. The fraction of sp³-hybridized carbons (Fsp3) is 0.400. The van der Waals surface area contributed by atoms with E-state index in [0.717, 1.165) is 12.1 Å². The Labute approximate surface area is 72.6 Å². The van der Waals surface area contributed by atoms with Gasteiger partial charge in [-0.05, 0) is 31.2 Å². The van der Waals surface area contributed by atoms with Gasteiger partial charge in [0.2, 0.25) is 0 Å². The Morgan fingerprint density at radius 3 is 2.83 bits per heavy atom. The smallest absolute Gasteiger partial charge is 0.123 e. The molecule has 66 valence electrons. The van der Waals surface area contributed by atoms with Gasteiger partial charge in [-0.25, -0.2) is 4.39 Å². The normalized spacial score (nSPS) is 12.9. The van der Waals surface area contributed by atoms with Crippen LogP contribution >= 0.6 is 0 Å². The first-order valence-electron chi connectivity index (χ1n) is 4.23. The van der Waals surface area contributed by atoms with E-state index in [1.807, 2.05) is 19.9 Å². The van der Waals surface area contributed by atoms with Crippen molar-refractivity contribution in [3.63, 3.8) is 0 Å². The summed E-state index contributed by atoms with van der Waals surface area (Å²) >= 11 is 0. The summed E-state index contributed by atoms with van der Waals surface area (Å²) < 4.78 is 12.7. The van der Waals surface area contributed by atoms with Crippen LogP contribution in [0.3, 0.4) is 0 Å². The average Bonchev–Trinajstić information content (AvgIpc) is 2.05. The molecule has 1 rings (SSSR count). The van der Waals surface area contributed by atoms with Gasteiger partial charge in [-0.15, -0.1) is 0 Å². The molecule has 0 saturated carbocycles. The molecule has 1 N–H and O–H groups in total. The van der Waals surface area contributed by atoms with Gasteiger partial charge in [0.1, 0.15) is 5.82 Å². The molecule has 1 nitrogen and oxygen atoms in total. The van der Waals surface area contributed by atoms with Crippen LogP contribution in [0.4, 0.5) is 4.39 Å². The molecule has 0 aliphatic heterocycles. The van der Waals surface area contributed by atoms with Crippen molar-refractivity contribution in [1.82, 2.24) is 5.32 Å². The molecule has 0 amide bonds. The quantitative estimate of drug-likeness (QED) is 0.729. The van der Waals surface area contributed by atoms with Crippen molar-refractivity contribution < 1.29 is 4.39 Å². The van der Waals surface area contributed by atoms with Gasteiger partial charge >= 0.3 is 0 Å². The topological polar surface area (TPSA) is 12.0 Å². The van der Waals surface area contributed by atoms with Crippen molar-refractivity contribution >= 4 is 0 Å². The Bertz CT molecular complexity index is 247. The highest BCUT2D eigenvalue weighted by molar-refractivity contribution is 5.19. The molecule has 1 unspecified atom stereocenters. The van der Waals surface area contributed by atoms with Gasteiger partial charge in [-0.3, -0.25) is 0 Å². The first kappa shape index (κ1) is 9.20. The van der Waals surface area contributed by atoms with E-state index in [0.29, 0.717) is 0 Å². The molecular formula is C10H14FN. The van der Waals surface area contributed by atoms with Crippen LogP contribution in [-0.4, -0.2) is 6.54 Å². The third-order valence-corrected chi connectivity index (χ3v) is 1.86. The molecule has 0 aromatic heterocycles. The maximum Gasteiger partial charge on any atom is 0.123 e. The Morgan fingerprint density at radius 2 is 2.25 bits per heavy atom. The summed E-state index contributed by atoms with van der Waals surface area (Å²) in [6, 6.07) is 6.91. The molecule has 0 aliphatic rings. The zero-order valence-electron chi connectivity index (χ0n) is 7.47. The summed E-state index contributed by atoms with van der Waals surface area (Å²) in [4.78, 5) is 0. The Hall–Kier alpha value is -0.890. The highest BCUT2D eigenvalue weighted by atomic mass is 19.1. The second-order valence-corrected chi connectivity index (χ2v) is 2.83. The highest BCUT2D eigenvalue weighted by Gasteiger charge is 2.02. The molecular weight excluding hydrogens is 153 g/mol. The van der Waals surface area contributed by atoms with E-state index in [9.17, 15) is 4.39 Å². The van der Waals surface area contributed by atoms with Crippen molar-refractivity contribution in [3.8, 4) is 0 Å². The van der Waals surface area contributed by atoms with Gasteiger partial charge in [-0.1, -0.05) is 19.1 Å². The zero-order valence-corrected chi connectivity index (χ0v) is 7.47. The summed E-state index contributed by atoms with van der Waals surface area (Å²) in [7, 11) is 0. The first-order valence-corrected chi connectivity index (χ1v) is 4.23. The molecule has 0 radical (unpaired) electrons. The van der Waals surface area contributed by atoms with Gasteiger partial charge in [0.05, 0.1) is 0 Å². The molecule has 0 aliphatic carbocycles. The van der Waals surface area contributed by atoms with Crippen LogP contribution in [0.15, 0.2) is 24.3 Å². The Balaban J connectivity index is 2.73. The monoisotopic (exact) mass is 167 g/mol. The standard InChI is InChI=1S/C10H14FN/c1-3-12-8(2)9-5-4-6-10(11)7-9/h4-8,12H,3H2,1-2H3. The second kappa shape index (κ2) is 4.21. The van der Waals surface area contributed by atoms with Crippen molar-refractivity contribution in [3.05, 3.63) is 35.6 Å². The molecule has 0 fully saturated rings. The van der Waals surface area contributed by atoms with Crippen molar-refractivity contribution in [2.24, 2.45) is 0 Å². The summed E-state index contributed by atoms with van der Waals surface area (Å²) in [6.07, 6.45) is 0.